The van der Waals surface area contributed by atoms with Crippen LogP contribution in [0.5, 0.6) is 11.5 Å². The van der Waals surface area contributed by atoms with Crippen LogP contribution >= 0.6 is 0 Å². The first kappa shape index (κ1) is 22.1. The maximum Gasteiger partial charge on any atom is 0.335 e. The zero-order valence-corrected chi connectivity index (χ0v) is 18.4. The first-order valence-corrected chi connectivity index (χ1v) is 10.7. The van der Waals surface area contributed by atoms with Gasteiger partial charge in [-0.25, -0.2) is 4.79 Å². The Kier molecular flexibility index (Phi) is 6.40. The molecule has 0 radical (unpaired) electrons. The summed E-state index contributed by atoms with van der Waals surface area (Å²) in [6.07, 6.45) is 0. The van der Waals surface area contributed by atoms with Crippen LogP contribution in [0.15, 0.2) is 71.7 Å². The molecule has 3 aromatic carbocycles. The van der Waals surface area contributed by atoms with Crippen molar-refractivity contribution in [3.63, 3.8) is 0 Å². The van der Waals surface area contributed by atoms with E-state index in [0.717, 1.165) is 11.1 Å². The molecule has 0 aromatic heterocycles. The number of carbonyl (C=O) groups is 2. The zero-order chi connectivity index (χ0) is 23.4. The molecule has 2 N–H and O–H groups in total. The minimum Gasteiger partial charge on any atom is -0.490 e. The van der Waals surface area contributed by atoms with Gasteiger partial charge in [0.1, 0.15) is 5.92 Å². The average Bonchev–Trinajstić information content (AvgIpc) is 3.13. The molecule has 0 saturated heterocycles. The molecule has 1 atom stereocenters. The normalized spacial score (nSPS) is 15.0. The van der Waals surface area contributed by atoms with Gasteiger partial charge in [0.15, 0.2) is 11.5 Å². The second-order valence-electron chi connectivity index (χ2n) is 7.39. The molecule has 1 amide bonds. The maximum absolute atomic E-state index is 13.2. The molecule has 0 aliphatic carbocycles. The SMILES string of the molecule is CCOc1cc2c(cc1OCC)C(C(=Nc1ccc(C(=O)O)cc1)c1ccccc1)C(=O)N2. The number of nitrogens with one attached hydrogen (secondary N) is 1. The fourth-order valence-corrected chi connectivity index (χ4v) is 3.80. The van der Waals surface area contributed by atoms with Gasteiger partial charge in [-0.1, -0.05) is 30.3 Å². The van der Waals surface area contributed by atoms with Gasteiger partial charge in [-0.05, 0) is 55.3 Å². The predicted octanol–water partition coefficient (Wildman–Crippen LogP) is 5.04. The highest BCUT2D eigenvalue weighted by molar-refractivity contribution is 6.24. The van der Waals surface area contributed by atoms with Crippen LogP contribution in [0.1, 0.15) is 41.3 Å². The number of nitrogens with zero attached hydrogens (tertiary/aromatic N) is 1. The Morgan fingerprint density at radius 3 is 2.18 bits per heavy atom. The number of fused-ring (bicyclic) bond motifs is 1. The Bertz CT molecular complexity index is 1200. The Labute approximate surface area is 191 Å². The average molecular weight is 444 g/mol. The smallest absolute Gasteiger partial charge is 0.335 e. The number of carboxylic acids is 1. The highest BCUT2D eigenvalue weighted by atomic mass is 16.5. The predicted molar refractivity (Wildman–Crippen MR) is 126 cm³/mol. The number of carboxylic acid groups (broad SMARTS) is 1. The van der Waals surface area contributed by atoms with Crippen molar-refractivity contribution >= 4 is 29.0 Å². The van der Waals surface area contributed by atoms with Gasteiger partial charge in [-0.2, -0.15) is 0 Å². The summed E-state index contributed by atoms with van der Waals surface area (Å²) in [6.45, 7) is 4.71. The summed E-state index contributed by atoms with van der Waals surface area (Å²) in [6, 6.07) is 19.3. The molecule has 1 aliphatic heterocycles. The lowest BCUT2D eigenvalue weighted by Gasteiger charge is -2.16. The molecular weight excluding hydrogens is 420 g/mol. The van der Waals surface area contributed by atoms with Gasteiger partial charge in [0.2, 0.25) is 5.91 Å². The number of carbonyl (C=O) groups excluding carboxylic acids is 1. The third-order valence-electron chi connectivity index (χ3n) is 5.25. The van der Waals surface area contributed by atoms with Gasteiger partial charge < -0.3 is 19.9 Å². The Morgan fingerprint density at radius 2 is 1.58 bits per heavy atom. The monoisotopic (exact) mass is 444 g/mol. The molecule has 0 bridgehead atoms. The van der Waals surface area contributed by atoms with Crippen molar-refractivity contribution < 1.29 is 24.2 Å². The van der Waals surface area contributed by atoms with Crippen molar-refractivity contribution in [1.29, 1.82) is 0 Å². The Morgan fingerprint density at radius 1 is 0.939 bits per heavy atom. The summed E-state index contributed by atoms with van der Waals surface area (Å²) < 4.78 is 11.5. The van der Waals surface area contributed by atoms with E-state index in [1.165, 1.54) is 12.1 Å². The van der Waals surface area contributed by atoms with Gasteiger partial charge in [-0.3, -0.25) is 9.79 Å². The molecule has 1 aliphatic rings. The second-order valence-corrected chi connectivity index (χ2v) is 7.39. The van der Waals surface area contributed by atoms with Gasteiger partial charge >= 0.3 is 5.97 Å². The summed E-state index contributed by atoms with van der Waals surface area (Å²) in [7, 11) is 0. The first-order valence-electron chi connectivity index (χ1n) is 10.7. The van der Waals surface area contributed by atoms with Gasteiger partial charge in [0.05, 0.1) is 30.2 Å². The molecule has 7 nitrogen and oxygen atoms in total. The zero-order valence-electron chi connectivity index (χ0n) is 18.4. The van der Waals surface area contributed by atoms with Crippen molar-refractivity contribution in [2.24, 2.45) is 4.99 Å². The van der Waals surface area contributed by atoms with Gasteiger partial charge in [0.25, 0.3) is 0 Å². The largest absolute Gasteiger partial charge is 0.490 e. The van der Waals surface area contributed by atoms with E-state index >= 15 is 0 Å². The van der Waals surface area contributed by atoms with Crippen molar-refractivity contribution in [2.45, 2.75) is 19.8 Å². The number of amides is 1. The van der Waals surface area contributed by atoms with Gasteiger partial charge in [-0.15, -0.1) is 0 Å². The molecule has 0 fully saturated rings. The topological polar surface area (TPSA) is 97.2 Å². The maximum atomic E-state index is 13.2. The molecule has 0 spiro atoms. The molecule has 168 valence electrons. The molecule has 3 aromatic rings. The lowest BCUT2D eigenvalue weighted by molar-refractivity contribution is -0.115. The lowest BCUT2D eigenvalue weighted by atomic mass is 9.90. The first-order chi connectivity index (χ1) is 16.0. The van der Waals surface area contributed by atoms with E-state index in [0.29, 0.717) is 41.8 Å². The van der Waals surface area contributed by atoms with Crippen LogP contribution in [0.25, 0.3) is 0 Å². The van der Waals surface area contributed by atoms with Crippen LogP contribution < -0.4 is 14.8 Å². The minimum absolute atomic E-state index is 0.170. The molecule has 7 heteroatoms. The summed E-state index contributed by atoms with van der Waals surface area (Å²) in [4.78, 5) is 29.1. The van der Waals surface area contributed by atoms with E-state index in [4.69, 9.17) is 14.5 Å². The number of hydrogen-bond donors (Lipinski definition) is 2. The molecule has 1 unspecified atom stereocenters. The molecule has 0 saturated carbocycles. The number of aromatic carboxylic acids is 1. The van der Waals surface area contributed by atoms with E-state index in [-0.39, 0.29) is 11.5 Å². The van der Waals surface area contributed by atoms with E-state index in [2.05, 4.69) is 5.32 Å². The van der Waals surface area contributed by atoms with E-state index < -0.39 is 11.9 Å². The number of anilines is 1. The fraction of sp³-hybridized carbons (Fsp3) is 0.192. The van der Waals surface area contributed by atoms with Crippen LogP contribution in [0.2, 0.25) is 0 Å². The number of aliphatic imine (C=N–C) groups is 1. The summed E-state index contributed by atoms with van der Waals surface area (Å²) in [5.74, 6) is -0.743. The molecular formula is C26H24N2O5. The van der Waals surface area contributed by atoms with Crippen LogP contribution in [0.4, 0.5) is 11.4 Å². The number of ether oxygens (including phenoxy) is 2. The van der Waals surface area contributed by atoms with E-state index in [1.54, 1.807) is 18.2 Å². The highest BCUT2D eigenvalue weighted by Gasteiger charge is 2.36. The van der Waals surface area contributed by atoms with Gasteiger partial charge in [0, 0.05) is 11.8 Å². The van der Waals surface area contributed by atoms with E-state index in [9.17, 15) is 14.7 Å². The summed E-state index contributed by atoms with van der Waals surface area (Å²) in [5, 5.41) is 12.1. The minimum atomic E-state index is -1.01. The highest BCUT2D eigenvalue weighted by Crippen LogP contribution is 2.43. The van der Waals surface area contributed by atoms with Crippen molar-refractivity contribution in [2.75, 3.05) is 18.5 Å². The summed E-state index contributed by atoms with van der Waals surface area (Å²) in [5.41, 5.74) is 3.47. The Balaban J connectivity index is 1.84. The molecule has 4 rings (SSSR count). The quantitative estimate of drug-likeness (QED) is 0.475. The van der Waals surface area contributed by atoms with Crippen molar-refractivity contribution in [3.05, 3.63) is 83.4 Å². The molecule has 1 heterocycles. The van der Waals surface area contributed by atoms with Crippen LogP contribution in [-0.2, 0) is 4.79 Å². The van der Waals surface area contributed by atoms with Crippen LogP contribution in [0.3, 0.4) is 0 Å². The summed E-state index contributed by atoms with van der Waals surface area (Å²) >= 11 is 0. The molecule has 33 heavy (non-hydrogen) atoms. The number of benzene rings is 3. The van der Waals surface area contributed by atoms with E-state index in [1.807, 2.05) is 50.2 Å². The van der Waals surface area contributed by atoms with Crippen molar-refractivity contribution in [1.82, 2.24) is 0 Å². The third-order valence-corrected chi connectivity index (χ3v) is 5.25. The third kappa shape index (κ3) is 4.57. The standard InChI is InChI=1S/C26H24N2O5/c1-3-32-21-14-19-20(15-22(21)33-4-2)28-25(29)23(19)24(16-8-6-5-7-9-16)27-18-12-10-17(11-13-18)26(30)31/h5-15,23H,3-4H2,1-2H3,(H,28,29)(H,30,31). The van der Waals surface area contributed by atoms with Crippen LogP contribution in [-0.4, -0.2) is 35.9 Å². The number of hydrogen-bond acceptors (Lipinski definition) is 5. The van der Waals surface area contributed by atoms with Crippen LogP contribution in [0, 0.1) is 0 Å². The number of rotatable bonds is 8. The van der Waals surface area contributed by atoms with Crippen molar-refractivity contribution in [3.8, 4) is 11.5 Å². The fourth-order valence-electron chi connectivity index (χ4n) is 3.80. The lowest BCUT2D eigenvalue weighted by Crippen LogP contribution is -2.22. The Hall–Kier alpha value is -4.13. The second kappa shape index (κ2) is 9.56.